The number of allylic oxidation sites excluding steroid dienone is 2. The van der Waals surface area contributed by atoms with Crippen molar-refractivity contribution in [3.05, 3.63) is 53.6 Å². The summed E-state index contributed by atoms with van der Waals surface area (Å²) in [5.74, 6) is -1.08. The molecule has 0 aliphatic carbocycles. The van der Waals surface area contributed by atoms with Crippen molar-refractivity contribution in [2.45, 2.75) is 6.18 Å². The molecule has 0 saturated heterocycles. The fraction of sp³-hybridized carbons (Fsp3) is 0.0833. The largest absolute Gasteiger partial charge is 0.478 e. The van der Waals surface area contributed by atoms with Crippen molar-refractivity contribution < 1.29 is 23.1 Å². The first-order chi connectivity index (χ1) is 7.89. The van der Waals surface area contributed by atoms with E-state index in [4.69, 9.17) is 5.11 Å². The number of alkyl halides is 3. The molecule has 0 unspecified atom stereocenters. The Morgan fingerprint density at radius 2 is 1.71 bits per heavy atom. The SMILES string of the molecule is O=C(O)/C=C/C=C/c1ccc(C(F)(F)F)cc1. The zero-order chi connectivity index (χ0) is 12.9. The lowest BCUT2D eigenvalue weighted by atomic mass is 10.1. The van der Waals surface area contributed by atoms with Gasteiger partial charge in [0.25, 0.3) is 0 Å². The Bertz CT molecular complexity index is 442. The molecule has 0 aromatic heterocycles. The predicted molar refractivity (Wildman–Crippen MR) is 57.3 cm³/mol. The first kappa shape index (κ1) is 13.0. The molecular weight excluding hydrogens is 233 g/mol. The molecule has 0 atom stereocenters. The molecule has 0 aliphatic rings. The minimum atomic E-state index is -4.34. The topological polar surface area (TPSA) is 37.3 Å². The molecule has 5 heteroatoms. The summed E-state index contributed by atoms with van der Waals surface area (Å²) in [5, 5.41) is 8.29. The van der Waals surface area contributed by atoms with E-state index in [2.05, 4.69) is 0 Å². The third-order valence-corrected chi connectivity index (χ3v) is 1.88. The van der Waals surface area contributed by atoms with Crippen molar-refractivity contribution in [1.29, 1.82) is 0 Å². The zero-order valence-corrected chi connectivity index (χ0v) is 8.61. The second kappa shape index (κ2) is 5.34. The Morgan fingerprint density at radius 1 is 1.12 bits per heavy atom. The van der Waals surface area contributed by atoms with Crippen LogP contribution < -0.4 is 0 Å². The third kappa shape index (κ3) is 4.55. The first-order valence-electron chi connectivity index (χ1n) is 4.64. The van der Waals surface area contributed by atoms with Gasteiger partial charge in [0.1, 0.15) is 0 Å². The maximum atomic E-state index is 12.2. The van der Waals surface area contributed by atoms with Crippen molar-refractivity contribution in [2.24, 2.45) is 0 Å². The van der Waals surface area contributed by atoms with Gasteiger partial charge in [0, 0.05) is 6.08 Å². The summed E-state index contributed by atoms with van der Waals surface area (Å²) in [4.78, 5) is 10.1. The summed E-state index contributed by atoms with van der Waals surface area (Å²) in [6.45, 7) is 0. The molecule has 17 heavy (non-hydrogen) atoms. The Morgan fingerprint density at radius 3 is 2.18 bits per heavy atom. The molecule has 90 valence electrons. The second-order valence-corrected chi connectivity index (χ2v) is 3.18. The van der Waals surface area contributed by atoms with Crippen LogP contribution in [0.15, 0.2) is 42.5 Å². The maximum absolute atomic E-state index is 12.2. The van der Waals surface area contributed by atoms with E-state index in [-0.39, 0.29) is 0 Å². The number of carbonyl (C=O) groups is 1. The summed E-state index contributed by atoms with van der Waals surface area (Å²) in [6.07, 6.45) is 0.836. The van der Waals surface area contributed by atoms with Crippen LogP contribution in [0.1, 0.15) is 11.1 Å². The molecular formula is C12H9F3O2. The fourth-order valence-corrected chi connectivity index (χ4v) is 1.09. The Labute approximate surface area is 95.7 Å². The molecule has 0 spiro atoms. The van der Waals surface area contributed by atoms with E-state index in [9.17, 15) is 18.0 Å². The zero-order valence-electron chi connectivity index (χ0n) is 8.61. The quantitative estimate of drug-likeness (QED) is 0.651. The molecule has 0 heterocycles. The van der Waals surface area contributed by atoms with E-state index in [0.717, 1.165) is 18.2 Å². The van der Waals surface area contributed by atoms with Crippen LogP contribution in [0.5, 0.6) is 0 Å². The number of carboxylic acid groups (broad SMARTS) is 1. The number of benzene rings is 1. The second-order valence-electron chi connectivity index (χ2n) is 3.18. The minimum Gasteiger partial charge on any atom is -0.478 e. The molecule has 1 aromatic rings. The van der Waals surface area contributed by atoms with Gasteiger partial charge < -0.3 is 5.11 Å². The molecule has 0 bridgehead atoms. The van der Waals surface area contributed by atoms with Gasteiger partial charge in [-0.15, -0.1) is 0 Å². The van der Waals surface area contributed by atoms with Crippen molar-refractivity contribution in [2.75, 3.05) is 0 Å². The van der Waals surface area contributed by atoms with Gasteiger partial charge in [-0.05, 0) is 17.7 Å². The van der Waals surface area contributed by atoms with Gasteiger partial charge >= 0.3 is 12.1 Å². The highest BCUT2D eigenvalue weighted by molar-refractivity contribution is 5.80. The average Bonchev–Trinajstić information content (AvgIpc) is 2.23. The van der Waals surface area contributed by atoms with E-state index in [0.29, 0.717) is 5.56 Å². The number of halogens is 3. The standard InChI is InChI=1S/C12H9F3O2/c13-12(14,15)10-7-5-9(6-8-10)3-1-2-4-11(16)17/h1-8H,(H,16,17)/b3-1+,4-2+. The fourth-order valence-electron chi connectivity index (χ4n) is 1.09. The monoisotopic (exact) mass is 242 g/mol. The van der Waals surface area contributed by atoms with Crippen LogP contribution in [-0.2, 0) is 11.0 Å². The third-order valence-electron chi connectivity index (χ3n) is 1.88. The predicted octanol–water partition coefficient (Wildman–Crippen LogP) is 3.36. The molecule has 0 radical (unpaired) electrons. The maximum Gasteiger partial charge on any atom is 0.416 e. The van der Waals surface area contributed by atoms with E-state index in [1.54, 1.807) is 0 Å². The number of rotatable bonds is 3. The van der Waals surface area contributed by atoms with E-state index in [1.165, 1.54) is 30.4 Å². The highest BCUT2D eigenvalue weighted by atomic mass is 19.4. The van der Waals surface area contributed by atoms with Gasteiger partial charge in [-0.1, -0.05) is 30.4 Å². The molecule has 1 rings (SSSR count). The molecule has 1 aromatic carbocycles. The van der Waals surface area contributed by atoms with Gasteiger partial charge in [0.2, 0.25) is 0 Å². The van der Waals surface area contributed by atoms with E-state index in [1.807, 2.05) is 0 Å². The highest BCUT2D eigenvalue weighted by Crippen LogP contribution is 2.29. The number of hydrogen-bond acceptors (Lipinski definition) is 1. The summed E-state index contributed by atoms with van der Waals surface area (Å²) >= 11 is 0. The van der Waals surface area contributed by atoms with Crippen LogP contribution in [0, 0.1) is 0 Å². The molecule has 0 fully saturated rings. The molecule has 0 aliphatic heterocycles. The van der Waals surface area contributed by atoms with Gasteiger partial charge in [0.05, 0.1) is 5.56 Å². The van der Waals surface area contributed by atoms with Crippen LogP contribution >= 0.6 is 0 Å². The molecule has 1 N–H and O–H groups in total. The van der Waals surface area contributed by atoms with Crippen molar-refractivity contribution in [3.63, 3.8) is 0 Å². The smallest absolute Gasteiger partial charge is 0.416 e. The van der Waals surface area contributed by atoms with Gasteiger partial charge in [-0.25, -0.2) is 4.79 Å². The van der Waals surface area contributed by atoms with Crippen LogP contribution in [0.2, 0.25) is 0 Å². The minimum absolute atomic E-state index is 0.563. The lowest BCUT2D eigenvalue weighted by molar-refractivity contribution is -0.137. The molecule has 0 saturated carbocycles. The number of hydrogen-bond donors (Lipinski definition) is 1. The Balaban J connectivity index is 2.72. The van der Waals surface area contributed by atoms with Crippen molar-refractivity contribution in [1.82, 2.24) is 0 Å². The summed E-state index contributed by atoms with van der Waals surface area (Å²) in [6, 6.07) is 4.57. The molecule has 0 amide bonds. The number of aliphatic carboxylic acids is 1. The van der Waals surface area contributed by atoms with Gasteiger partial charge in [0.15, 0.2) is 0 Å². The van der Waals surface area contributed by atoms with Gasteiger partial charge in [-0.3, -0.25) is 0 Å². The Hall–Kier alpha value is -2.04. The Kier molecular flexibility index (Phi) is 4.09. The van der Waals surface area contributed by atoms with Crippen LogP contribution in [0.25, 0.3) is 6.08 Å². The average molecular weight is 242 g/mol. The van der Waals surface area contributed by atoms with Crippen LogP contribution in [0.4, 0.5) is 13.2 Å². The van der Waals surface area contributed by atoms with Crippen molar-refractivity contribution in [3.8, 4) is 0 Å². The van der Waals surface area contributed by atoms with E-state index < -0.39 is 17.7 Å². The molecule has 2 nitrogen and oxygen atoms in total. The normalized spacial score (nSPS) is 12.4. The van der Waals surface area contributed by atoms with Gasteiger partial charge in [-0.2, -0.15) is 13.2 Å². The van der Waals surface area contributed by atoms with Crippen molar-refractivity contribution >= 4 is 12.0 Å². The van der Waals surface area contributed by atoms with E-state index >= 15 is 0 Å². The number of carboxylic acids is 1. The lowest BCUT2D eigenvalue weighted by Gasteiger charge is -2.05. The summed E-state index contributed by atoms with van der Waals surface area (Å²) < 4.78 is 36.7. The van der Waals surface area contributed by atoms with Crippen LogP contribution in [-0.4, -0.2) is 11.1 Å². The van der Waals surface area contributed by atoms with Crippen LogP contribution in [0.3, 0.4) is 0 Å². The first-order valence-corrected chi connectivity index (χ1v) is 4.64. The lowest BCUT2D eigenvalue weighted by Crippen LogP contribution is -2.03. The highest BCUT2D eigenvalue weighted by Gasteiger charge is 2.29. The summed E-state index contributed by atoms with van der Waals surface area (Å²) in [5.41, 5.74) is -0.149. The summed E-state index contributed by atoms with van der Waals surface area (Å²) in [7, 11) is 0.